The molecule has 1 aliphatic rings. The maximum absolute atomic E-state index is 13.6. The minimum absolute atomic E-state index is 0. The van der Waals surface area contributed by atoms with Gasteiger partial charge in [0.2, 0.25) is 0 Å². The van der Waals surface area contributed by atoms with Crippen LogP contribution < -0.4 is 69.8 Å². The zero-order chi connectivity index (χ0) is 70.0. The zero-order valence-corrected chi connectivity index (χ0v) is 57.0. The van der Waals surface area contributed by atoms with Gasteiger partial charge in [0.15, 0.2) is 35.1 Å². The normalized spacial score (nSPS) is 13.1. The Bertz CT molecular complexity index is 3730. The molecule has 0 unspecified atom stereocenters. The van der Waals surface area contributed by atoms with Gasteiger partial charge in [-0.3, -0.25) is 18.4 Å². The fourth-order valence-electron chi connectivity index (χ4n) is 5.99. The van der Waals surface area contributed by atoms with E-state index in [1.807, 2.05) is 5.38 Å². The van der Waals surface area contributed by atoms with Gasteiger partial charge in [0.25, 0.3) is 26.7 Å². The summed E-state index contributed by atoms with van der Waals surface area (Å²) >= 11 is 13.4. The second-order valence-corrected chi connectivity index (χ2v) is 24.2. The van der Waals surface area contributed by atoms with Crippen LogP contribution in [0.2, 0.25) is 0 Å². The van der Waals surface area contributed by atoms with E-state index in [0.717, 1.165) is 47.7 Å². The number of fused-ring (bicyclic) bond motifs is 2. The molecule has 8 aromatic heterocycles. The molecule has 9 rings (SSSR count). The van der Waals surface area contributed by atoms with Crippen molar-refractivity contribution in [1.82, 2.24) is 38.7 Å². The standard InChI is InChI=1S/C16H18BF3N2O4.C15H9F6N3O3S.C5H3BrF3NOS.C5H4F3NOS.C3H2BrNS.C2H3F3O.2CH4.BHNS.Na.H/c1-14(2)15(3,4)26-17(25-14)11-12(16(18,19)20)21-10-8-9(24-5)6-7-22(10)13(11)23;1-26-7-2-3-24-9(4-7)23-11(15(19,20)21)10(12(24)25)8-5-22-13(28-8)27-6-14(16,17)18;6-3-1-10-4(12-3)11-2-5(7,8)9;6-5(7,8)3-10-4-9-1-2-11-4;4-3-5-1-2-6-3;3-2(4,5)1-6;;;1-2-3;;/h6-8H,1-5H3;2-5H,6H2,1H3;1H,2H2;1-2H,3H2;1-2H;6H,1H2;2*1H4;3H;;/q;;;;;;;;;+1;-1. The van der Waals surface area contributed by atoms with Gasteiger partial charge in [-0.05, 0) is 71.7 Å². The molecule has 523 valence electrons. The van der Waals surface area contributed by atoms with Gasteiger partial charge in [-0.15, -0.1) is 11.3 Å². The number of aliphatic hydroxyl groups is 1. The van der Waals surface area contributed by atoms with Crippen molar-refractivity contribution < 1.29 is 148 Å². The number of thiazole rings is 4. The number of hydrogen-bond acceptors (Lipinski definition) is 22. The Balaban J connectivity index is 0. The van der Waals surface area contributed by atoms with E-state index < -0.39 is 121 Å². The second kappa shape index (κ2) is 38.5. The van der Waals surface area contributed by atoms with E-state index in [2.05, 4.69) is 101 Å². The summed E-state index contributed by atoms with van der Waals surface area (Å²) in [5.41, 5.74) is -8.56. The Kier molecular flexibility index (Phi) is 36.5. The van der Waals surface area contributed by atoms with Gasteiger partial charge in [-0.1, -0.05) is 48.9 Å². The monoisotopic (exact) mass is 1620 g/mol. The van der Waals surface area contributed by atoms with Crippen molar-refractivity contribution in [2.45, 2.75) is 90.8 Å². The van der Waals surface area contributed by atoms with Crippen LogP contribution in [0.4, 0.5) is 79.0 Å². The molecule has 0 bridgehead atoms. The summed E-state index contributed by atoms with van der Waals surface area (Å²) in [6.07, 6.45) is -19.6. The van der Waals surface area contributed by atoms with Crippen LogP contribution in [0.25, 0.3) is 21.7 Å². The van der Waals surface area contributed by atoms with Crippen molar-refractivity contribution in [2.24, 2.45) is 4.30 Å². The van der Waals surface area contributed by atoms with Crippen LogP contribution in [0.15, 0.2) is 93.8 Å². The number of aliphatic hydroxyl groups excluding tert-OH is 1. The van der Waals surface area contributed by atoms with E-state index >= 15 is 0 Å². The number of ether oxygens (including phenoxy) is 5. The maximum Gasteiger partial charge on any atom is 1.00 e. The molecule has 95 heavy (non-hydrogen) atoms. The van der Waals surface area contributed by atoms with Crippen molar-refractivity contribution >= 4 is 122 Å². The molecule has 1 saturated heterocycles. The van der Waals surface area contributed by atoms with Gasteiger partial charge < -0.3 is 39.5 Å². The minimum Gasteiger partial charge on any atom is -1.00 e. The van der Waals surface area contributed by atoms with E-state index in [0.29, 0.717) is 15.1 Å². The first-order valence-corrected chi connectivity index (χ1v) is 29.2. The summed E-state index contributed by atoms with van der Waals surface area (Å²) < 4.78 is 259. The van der Waals surface area contributed by atoms with E-state index in [4.69, 9.17) is 23.9 Å². The molecule has 0 saturated carbocycles. The SMILES string of the molecule is Brc1nccs1.C.C.COc1ccn2c(=O)c(-c3cnc(OCC(F)(F)F)s3)c(C(F)(F)F)nc2c1.COc1ccn2c(=O)c(B3OC(C)(C)C(C)(C)O3)c(C(F)(F)F)nc2c1.FC(F)(F)COc1ncc(Br)s1.FC(F)(F)COc1nccs1.OCC(F)(F)F.[B]=NS.[H-].[Na+]. The number of aromatic nitrogens is 8. The van der Waals surface area contributed by atoms with Gasteiger partial charge in [0.05, 0.1) is 57.5 Å². The summed E-state index contributed by atoms with van der Waals surface area (Å²) in [5.74, 6) is 0.474. The molecule has 19 nitrogen and oxygen atoms in total. The van der Waals surface area contributed by atoms with E-state index in [-0.39, 0.29) is 83.9 Å². The number of thiol groups is 1. The Morgan fingerprint density at radius 3 is 1.39 bits per heavy atom. The van der Waals surface area contributed by atoms with Crippen LogP contribution >= 0.6 is 90.0 Å². The average molecular weight is 1620 g/mol. The van der Waals surface area contributed by atoms with E-state index in [1.165, 1.54) is 57.2 Å². The van der Waals surface area contributed by atoms with Crippen molar-refractivity contribution in [2.75, 3.05) is 40.6 Å². The number of halogens is 20. The van der Waals surface area contributed by atoms with Crippen molar-refractivity contribution in [3.63, 3.8) is 0 Å². The second-order valence-electron chi connectivity index (χ2n) is 17.6. The van der Waals surface area contributed by atoms with Crippen LogP contribution in [-0.2, 0) is 21.7 Å². The number of hydrogen-bond donors (Lipinski definition) is 2. The maximum atomic E-state index is 13.6. The topological polar surface area (TPSA) is 218 Å². The molecule has 1 N–H and O–H groups in total. The van der Waals surface area contributed by atoms with Crippen LogP contribution in [0, 0.1) is 0 Å². The van der Waals surface area contributed by atoms with Crippen LogP contribution in [0.3, 0.4) is 0 Å². The summed E-state index contributed by atoms with van der Waals surface area (Å²) in [5, 5.41) is 10.3. The first kappa shape index (κ1) is 90.1. The number of pyridine rings is 2. The fraction of sp³-hybridized carbons (Fsp3) is 0.417. The van der Waals surface area contributed by atoms with Crippen LogP contribution in [-0.4, -0.2) is 135 Å². The fourth-order valence-corrected chi connectivity index (χ4v) is 9.09. The third kappa shape index (κ3) is 30.4. The van der Waals surface area contributed by atoms with Gasteiger partial charge >= 0.3 is 98.5 Å². The molecule has 1 aliphatic heterocycles. The Hall–Kier alpha value is -4.90. The predicted molar refractivity (Wildman–Crippen MR) is 324 cm³/mol. The van der Waals surface area contributed by atoms with Gasteiger partial charge in [0.1, 0.15) is 29.4 Å². The molecule has 0 atom stereocenters. The third-order valence-corrected chi connectivity index (χ3v) is 14.7. The third-order valence-electron chi connectivity index (χ3n) is 10.4. The Morgan fingerprint density at radius 2 is 1.04 bits per heavy atom. The van der Waals surface area contributed by atoms with Crippen LogP contribution in [0.1, 0.15) is 55.4 Å². The van der Waals surface area contributed by atoms with Gasteiger partial charge in [-0.25, -0.2) is 29.9 Å². The Labute approximate surface area is 589 Å². The first-order chi connectivity index (χ1) is 42.3. The van der Waals surface area contributed by atoms with E-state index in [9.17, 15) is 88.6 Å². The number of methoxy groups -OCH3 is 2. The van der Waals surface area contributed by atoms with Gasteiger partial charge in [0, 0.05) is 47.7 Å². The quantitative estimate of drug-likeness (QED) is 0.0739. The summed E-state index contributed by atoms with van der Waals surface area (Å²) in [6, 6.07) is 5.20. The molecule has 1 fully saturated rings. The van der Waals surface area contributed by atoms with Crippen molar-refractivity contribution in [3.8, 4) is 37.5 Å². The molecule has 0 aromatic carbocycles. The smallest absolute Gasteiger partial charge is 1.00 e. The molecule has 1 radical (unpaired) electrons. The zero-order valence-electron chi connectivity index (χ0n) is 48.7. The Morgan fingerprint density at radius 1 is 0.642 bits per heavy atom. The predicted octanol–water partition coefficient (Wildman–Crippen LogP) is 11.8. The van der Waals surface area contributed by atoms with Crippen molar-refractivity contribution in [3.05, 3.63) is 112 Å². The first-order valence-electron chi connectivity index (χ1n) is 23.8. The summed E-state index contributed by atoms with van der Waals surface area (Å²) in [7, 11) is 5.52. The van der Waals surface area contributed by atoms with E-state index in [1.54, 1.807) is 50.6 Å². The number of rotatable bonds is 10. The molecule has 0 aliphatic carbocycles. The summed E-state index contributed by atoms with van der Waals surface area (Å²) in [6.45, 7) is 0.796. The molecule has 9 heterocycles. The molecule has 8 aromatic rings. The largest absolute Gasteiger partial charge is 1.00 e. The molecular weight excluding hydrogens is 1570 g/mol. The number of nitrogens with zero attached hydrogens (tertiary/aromatic N) is 9. The minimum atomic E-state index is -5.00. The van der Waals surface area contributed by atoms with Crippen LogP contribution in [0.5, 0.6) is 27.1 Å². The molecule has 47 heteroatoms. The average Bonchev–Trinajstić information content (AvgIpc) is 1.39. The molecular formula is C48H49B2Br2F18N9NaO10S5. The number of alkyl halides is 18. The summed E-state index contributed by atoms with van der Waals surface area (Å²) in [4.78, 5) is 46.8. The van der Waals surface area contributed by atoms with Gasteiger partial charge in [-0.2, -0.15) is 79.0 Å². The molecule has 0 amide bonds. The van der Waals surface area contributed by atoms with Crippen molar-refractivity contribution in [1.29, 1.82) is 0 Å². The molecule has 0 spiro atoms.